The molecule has 0 unspecified atom stereocenters. The van der Waals surface area contributed by atoms with Gasteiger partial charge in [-0.3, -0.25) is 9.78 Å². The smallest absolute Gasteiger partial charge is 0.267 e. The zero-order chi connectivity index (χ0) is 16.6. The molecule has 23 heavy (non-hydrogen) atoms. The monoisotopic (exact) mass is 319 g/mol. The van der Waals surface area contributed by atoms with E-state index in [0.717, 1.165) is 18.2 Å². The first-order valence-corrected chi connectivity index (χ1v) is 7.11. The minimum Gasteiger partial charge on any atom is -0.391 e. The summed E-state index contributed by atoms with van der Waals surface area (Å²) in [6, 6.07) is 5.81. The number of primary amides is 1. The molecule has 1 aliphatic rings. The lowest BCUT2D eigenvalue weighted by molar-refractivity contribution is 0.0995. The number of amides is 1. The van der Waals surface area contributed by atoms with Gasteiger partial charge in [-0.25, -0.2) is 8.78 Å². The Labute approximate surface area is 131 Å². The second-order valence-electron chi connectivity index (χ2n) is 5.49. The number of nitrogens with two attached hydrogens (primary N) is 1. The summed E-state index contributed by atoms with van der Waals surface area (Å²) in [4.78, 5) is 16.8. The zero-order valence-electron chi connectivity index (χ0n) is 12.1. The van der Waals surface area contributed by atoms with Gasteiger partial charge in [-0.05, 0) is 36.8 Å². The van der Waals surface area contributed by atoms with Crippen LogP contribution in [0.4, 0.5) is 14.5 Å². The lowest BCUT2D eigenvalue weighted by atomic mass is 10.0. The third-order valence-corrected chi connectivity index (χ3v) is 3.92. The highest BCUT2D eigenvalue weighted by Crippen LogP contribution is 2.37. The number of pyridine rings is 1. The van der Waals surface area contributed by atoms with Gasteiger partial charge in [0.05, 0.1) is 12.1 Å². The normalized spacial score (nSPS) is 20.7. The van der Waals surface area contributed by atoms with Gasteiger partial charge in [-0.1, -0.05) is 0 Å². The van der Waals surface area contributed by atoms with Crippen molar-refractivity contribution in [1.29, 1.82) is 0 Å². The molecule has 120 valence electrons. The lowest BCUT2D eigenvalue weighted by Crippen LogP contribution is -2.25. The van der Waals surface area contributed by atoms with E-state index < -0.39 is 29.7 Å². The summed E-state index contributed by atoms with van der Waals surface area (Å²) in [5.41, 5.74) is 6.03. The van der Waals surface area contributed by atoms with Crippen LogP contribution in [0.25, 0.3) is 0 Å². The van der Waals surface area contributed by atoms with Crippen molar-refractivity contribution in [2.45, 2.75) is 18.6 Å². The van der Waals surface area contributed by atoms with Crippen LogP contribution in [0.3, 0.4) is 0 Å². The summed E-state index contributed by atoms with van der Waals surface area (Å²) in [6.07, 6.45) is 0.987. The van der Waals surface area contributed by atoms with Gasteiger partial charge in [-0.15, -0.1) is 0 Å². The molecular weight excluding hydrogens is 304 g/mol. The Morgan fingerprint density at radius 2 is 2.09 bits per heavy atom. The largest absolute Gasteiger partial charge is 0.391 e. The maximum atomic E-state index is 14.1. The van der Waals surface area contributed by atoms with E-state index in [1.165, 1.54) is 12.3 Å². The summed E-state index contributed by atoms with van der Waals surface area (Å²) in [5.74, 6) is -1.77. The van der Waals surface area contributed by atoms with Crippen LogP contribution in [0, 0.1) is 11.6 Å². The molecule has 0 bridgehead atoms. The fraction of sp³-hybridized carbons (Fsp3) is 0.250. The number of benzene rings is 1. The van der Waals surface area contributed by atoms with Crippen LogP contribution < -0.4 is 10.6 Å². The maximum absolute atomic E-state index is 14.1. The Morgan fingerprint density at radius 1 is 1.30 bits per heavy atom. The van der Waals surface area contributed by atoms with Crippen LogP contribution >= 0.6 is 0 Å². The Morgan fingerprint density at radius 3 is 2.83 bits per heavy atom. The number of aliphatic hydroxyl groups is 1. The molecule has 2 heterocycles. The van der Waals surface area contributed by atoms with Crippen molar-refractivity contribution in [2.24, 2.45) is 5.73 Å². The van der Waals surface area contributed by atoms with Crippen LogP contribution in [0.2, 0.25) is 0 Å². The van der Waals surface area contributed by atoms with Gasteiger partial charge in [0, 0.05) is 24.0 Å². The van der Waals surface area contributed by atoms with Crippen LogP contribution in [0.1, 0.15) is 28.5 Å². The first-order valence-electron chi connectivity index (χ1n) is 7.11. The van der Waals surface area contributed by atoms with Gasteiger partial charge in [0.25, 0.3) is 5.91 Å². The summed E-state index contributed by atoms with van der Waals surface area (Å²) >= 11 is 0. The molecule has 3 rings (SSSR count). The van der Waals surface area contributed by atoms with E-state index in [1.54, 1.807) is 11.0 Å². The van der Waals surface area contributed by atoms with E-state index in [-0.39, 0.29) is 24.2 Å². The minimum atomic E-state index is -0.687. The highest BCUT2D eigenvalue weighted by atomic mass is 19.1. The fourth-order valence-electron chi connectivity index (χ4n) is 2.90. The van der Waals surface area contributed by atoms with Crippen molar-refractivity contribution in [1.82, 2.24) is 4.98 Å². The van der Waals surface area contributed by atoms with E-state index in [4.69, 9.17) is 5.73 Å². The average Bonchev–Trinajstić information content (AvgIpc) is 2.91. The van der Waals surface area contributed by atoms with Crippen molar-refractivity contribution >= 4 is 11.6 Å². The number of rotatable bonds is 3. The zero-order valence-corrected chi connectivity index (χ0v) is 12.1. The number of nitrogens with zero attached hydrogens (tertiary/aromatic N) is 2. The van der Waals surface area contributed by atoms with E-state index in [9.17, 15) is 18.7 Å². The maximum Gasteiger partial charge on any atom is 0.267 e. The second kappa shape index (κ2) is 5.92. The van der Waals surface area contributed by atoms with Crippen molar-refractivity contribution in [3.8, 4) is 0 Å². The molecule has 0 radical (unpaired) electrons. The van der Waals surface area contributed by atoms with E-state index >= 15 is 0 Å². The molecular formula is C16H15F2N3O2. The summed E-state index contributed by atoms with van der Waals surface area (Å²) < 4.78 is 27.6. The molecule has 2 aromatic rings. The molecule has 0 aliphatic carbocycles. The van der Waals surface area contributed by atoms with Gasteiger partial charge >= 0.3 is 0 Å². The quantitative estimate of drug-likeness (QED) is 0.904. The number of anilines is 1. The van der Waals surface area contributed by atoms with Crippen molar-refractivity contribution in [3.05, 3.63) is 59.4 Å². The number of β-amino-alcohol motifs (C(OH)–C–C–N with tert-alkyl or cyclic N) is 1. The van der Waals surface area contributed by atoms with Gasteiger partial charge in [0.2, 0.25) is 0 Å². The van der Waals surface area contributed by atoms with Crippen molar-refractivity contribution in [2.75, 3.05) is 11.4 Å². The molecule has 1 fully saturated rings. The number of carbonyl (C=O) groups excluding carboxylic acids is 1. The number of hydrogen-bond donors (Lipinski definition) is 2. The second-order valence-corrected chi connectivity index (χ2v) is 5.49. The standard InChI is InChI=1S/C16H15F2N3O2/c17-9-1-2-13(18)12(5-9)15-7-11(22)8-21(15)10-3-4-20-14(6-10)16(19)23/h1-6,11,15,22H,7-8H2,(H2,19,23)/t11-,15+/m0/s1. The Balaban J connectivity index is 2.01. The predicted octanol–water partition coefficient (Wildman–Crippen LogP) is 1.77. The minimum absolute atomic E-state index is 0.0716. The average molecular weight is 319 g/mol. The molecule has 1 aliphatic heterocycles. The summed E-state index contributed by atoms with van der Waals surface area (Å²) in [6.45, 7) is 0.239. The van der Waals surface area contributed by atoms with Gasteiger partial charge in [0.1, 0.15) is 17.3 Å². The van der Waals surface area contributed by atoms with Gasteiger partial charge < -0.3 is 15.7 Å². The molecule has 5 nitrogen and oxygen atoms in total. The molecule has 1 aromatic carbocycles. The fourth-order valence-corrected chi connectivity index (χ4v) is 2.90. The molecule has 1 aromatic heterocycles. The Kier molecular flexibility index (Phi) is 3.96. The molecule has 1 saturated heterocycles. The number of aromatic nitrogens is 1. The van der Waals surface area contributed by atoms with Crippen molar-refractivity contribution in [3.63, 3.8) is 0 Å². The van der Waals surface area contributed by atoms with Crippen molar-refractivity contribution < 1.29 is 18.7 Å². The molecule has 3 N–H and O–H groups in total. The summed E-state index contributed by atoms with van der Waals surface area (Å²) in [5, 5.41) is 9.97. The lowest BCUT2D eigenvalue weighted by Gasteiger charge is -2.27. The third-order valence-electron chi connectivity index (χ3n) is 3.92. The number of carbonyl (C=O) groups is 1. The third kappa shape index (κ3) is 3.00. The first-order chi connectivity index (χ1) is 11.0. The van der Waals surface area contributed by atoms with Crippen LogP contribution in [-0.2, 0) is 0 Å². The summed E-state index contributed by atoms with van der Waals surface area (Å²) in [7, 11) is 0. The molecule has 2 atom stereocenters. The van der Waals surface area contributed by atoms with Crippen LogP contribution in [-0.4, -0.2) is 28.6 Å². The van der Waals surface area contributed by atoms with Gasteiger partial charge in [-0.2, -0.15) is 0 Å². The molecule has 1 amide bonds. The number of halogens is 2. The molecule has 0 saturated carbocycles. The first kappa shape index (κ1) is 15.4. The van der Waals surface area contributed by atoms with Crippen LogP contribution in [0.15, 0.2) is 36.5 Å². The van der Waals surface area contributed by atoms with E-state index in [2.05, 4.69) is 4.98 Å². The van der Waals surface area contributed by atoms with Crippen LogP contribution in [0.5, 0.6) is 0 Å². The highest BCUT2D eigenvalue weighted by Gasteiger charge is 2.34. The Bertz CT molecular complexity index is 754. The van der Waals surface area contributed by atoms with Gasteiger partial charge in [0.15, 0.2) is 0 Å². The number of aliphatic hydroxyl groups excluding tert-OH is 1. The molecule has 0 spiro atoms. The van der Waals surface area contributed by atoms with E-state index in [1.807, 2.05) is 0 Å². The predicted molar refractivity (Wildman–Crippen MR) is 79.8 cm³/mol. The molecule has 7 heteroatoms. The Hall–Kier alpha value is -2.54. The SMILES string of the molecule is NC(=O)c1cc(N2C[C@@H](O)C[C@@H]2c2cc(F)ccc2F)ccn1. The topological polar surface area (TPSA) is 79.5 Å². The number of hydrogen-bond acceptors (Lipinski definition) is 4. The highest BCUT2D eigenvalue weighted by molar-refractivity contribution is 5.91. The van der Waals surface area contributed by atoms with E-state index in [0.29, 0.717) is 5.69 Å².